The van der Waals surface area contributed by atoms with Gasteiger partial charge in [-0.3, -0.25) is 4.79 Å². The molecule has 0 fully saturated rings. The summed E-state index contributed by atoms with van der Waals surface area (Å²) in [6, 6.07) is 0. The molecule has 0 rings (SSSR count). The number of carbonyl (C=O) groups is 1. The molecular formula is C4H9NO2S. The minimum atomic E-state index is -0.841. The van der Waals surface area contributed by atoms with E-state index in [1.165, 1.54) is 11.8 Å². The molecule has 4 heteroatoms. The van der Waals surface area contributed by atoms with E-state index in [0.29, 0.717) is 0 Å². The van der Waals surface area contributed by atoms with Gasteiger partial charge in [-0.1, -0.05) is 0 Å². The van der Waals surface area contributed by atoms with E-state index in [4.69, 9.17) is 10.8 Å². The van der Waals surface area contributed by atoms with E-state index in [2.05, 4.69) is 0 Å². The molecule has 0 aromatic rings. The second-order valence-electron chi connectivity index (χ2n) is 1.37. The minimum Gasteiger partial charge on any atom is -0.481 e. The van der Waals surface area contributed by atoms with Crippen LogP contribution in [0.15, 0.2) is 0 Å². The Morgan fingerprint density at radius 3 is 2.62 bits per heavy atom. The van der Waals surface area contributed by atoms with Gasteiger partial charge in [0.1, 0.15) is 0 Å². The summed E-state index contributed by atoms with van der Waals surface area (Å²) in [6.07, 6.45) is 1.83. The lowest BCUT2D eigenvalue weighted by atomic mass is 10.4. The highest BCUT2D eigenvalue weighted by Gasteiger charge is 2.03. The Morgan fingerprint density at radius 2 is 2.50 bits per heavy atom. The van der Waals surface area contributed by atoms with Gasteiger partial charge in [-0.2, -0.15) is 0 Å². The van der Waals surface area contributed by atoms with Gasteiger partial charge in [0.05, 0.1) is 11.8 Å². The van der Waals surface area contributed by atoms with Gasteiger partial charge in [0.15, 0.2) is 0 Å². The number of rotatable bonds is 3. The van der Waals surface area contributed by atoms with E-state index in [9.17, 15) is 4.79 Å². The predicted octanol–water partition coefficient (Wildman–Crippen LogP) is 0.109. The van der Waals surface area contributed by atoms with Crippen molar-refractivity contribution in [2.24, 2.45) is 5.73 Å². The zero-order valence-corrected chi connectivity index (χ0v) is 5.44. The first-order chi connectivity index (χ1) is 3.66. The Morgan fingerprint density at radius 1 is 2.00 bits per heavy atom. The Labute approximate surface area is 52.3 Å². The molecule has 0 radical (unpaired) electrons. The fourth-order valence-corrected chi connectivity index (χ4v) is 0.565. The third kappa shape index (κ3) is 3.95. The van der Waals surface area contributed by atoms with Crippen molar-refractivity contribution >= 4 is 17.7 Å². The van der Waals surface area contributed by atoms with Crippen molar-refractivity contribution in [2.45, 2.75) is 11.8 Å². The molecule has 0 heterocycles. The first-order valence-electron chi connectivity index (χ1n) is 2.17. The molecular weight excluding hydrogens is 126 g/mol. The van der Waals surface area contributed by atoms with E-state index < -0.39 is 5.97 Å². The average molecular weight is 135 g/mol. The maximum Gasteiger partial charge on any atom is 0.305 e. The summed E-state index contributed by atoms with van der Waals surface area (Å²) in [5.74, 6) is -0.841. The summed E-state index contributed by atoms with van der Waals surface area (Å²) in [5.41, 5.74) is 5.26. The zero-order valence-electron chi connectivity index (χ0n) is 4.63. The molecule has 0 aliphatic rings. The van der Waals surface area contributed by atoms with Crippen molar-refractivity contribution in [1.82, 2.24) is 0 Å². The second kappa shape index (κ2) is 3.74. The standard InChI is InChI=1S/C4H9NO2S/c1-8-3(5)2-4(6)7/h3H,2,5H2,1H3,(H,6,7). The predicted molar refractivity (Wildman–Crippen MR) is 33.7 cm³/mol. The number of hydrogen-bond acceptors (Lipinski definition) is 3. The fourth-order valence-electron chi connectivity index (χ4n) is 0.255. The number of carboxylic acid groups (broad SMARTS) is 1. The number of carboxylic acids is 1. The van der Waals surface area contributed by atoms with Gasteiger partial charge in [0, 0.05) is 0 Å². The van der Waals surface area contributed by atoms with Crippen molar-refractivity contribution in [3.05, 3.63) is 0 Å². The van der Waals surface area contributed by atoms with Crippen molar-refractivity contribution in [1.29, 1.82) is 0 Å². The molecule has 0 aromatic carbocycles. The Bertz CT molecular complexity index is 86.1. The van der Waals surface area contributed by atoms with Crippen LogP contribution >= 0.6 is 11.8 Å². The van der Waals surface area contributed by atoms with Gasteiger partial charge in [0.2, 0.25) is 0 Å². The lowest BCUT2D eigenvalue weighted by Crippen LogP contribution is -2.18. The molecule has 3 nitrogen and oxygen atoms in total. The largest absolute Gasteiger partial charge is 0.481 e. The molecule has 1 atom stereocenters. The van der Waals surface area contributed by atoms with Crippen LogP contribution in [0.1, 0.15) is 6.42 Å². The van der Waals surface area contributed by atoms with Gasteiger partial charge < -0.3 is 10.8 Å². The number of thioether (sulfide) groups is 1. The SMILES string of the molecule is CSC(N)CC(=O)O. The highest BCUT2D eigenvalue weighted by Crippen LogP contribution is 2.02. The molecule has 8 heavy (non-hydrogen) atoms. The van der Waals surface area contributed by atoms with Crippen molar-refractivity contribution in [3.63, 3.8) is 0 Å². The Balaban J connectivity index is 3.24. The van der Waals surface area contributed by atoms with E-state index in [1.807, 2.05) is 0 Å². The quantitative estimate of drug-likeness (QED) is 0.539. The first kappa shape index (κ1) is 7.78. The molecule has 3 N–H and O–H groups in total. The average Bonchev–Trinajstić information content (AvgIpc) is 1.65. The van der Waals surface area contributed by atoms with Crippen molar-refractivity contribution in [3.8, 4) is 0 Å². The molecule has 0 aromatic heterocycles. The maximum atomic E-state index is 9.88. The van der Waals surface area contributed by atoms with Gasteiger partial charge in [-0.15, -0.1) is 11.8 Å². The summed E-state index contributed by atoms with van der Waals surface area (Å²) in [5, 5.41) is 7.86. The minimum absolute atomic E-state index is 0.0428. The Kier molecular flexibility index (Phi) is 3.64. The zero-order chi connectivity index (χ0) is 6.57. The monoisotopic (exact) mass is 135 g/mol. The lowest BCUT2D eigenvalue weighted by Gasteiger charge is -2.01. The summed E-state index contributed by atoms with van der Waals surface area (Å²) in [6.45, 7) is 0. The normalized spacial score (nSPS) is 13.2. The summed E-state index contributed by atoms with van der Waals surface area (Å²) >= 11 is 1.35. The highest BCUT2D eigenvalue weighted by atomic mass is 32.2. The topological polar surface area (TPSA) is 63.3 Å². The van der Waals surface area contributed by atoms with Crippen LogP contribution in [0, 0.1) is 0 Å². The third-order valence-electron chi connectivity index (χ3n) is 0.679. The smallest absolute Gasteiger partial charge is 0.305 e. The summed E-state index contributed by atoms with van der Waals surface area (Å²) < 4.78 is 0. The van der Waals surface area contributed by atoms with E-state index in [0.717, 1.165) is 0 Å². The summed E-state index contributed by atoms with van der Waals surface area (Å²) in [7, 11) is 0. The molecule has 48 valence electrons. The van der Waals surface area contributed by atoms with Gasteiger partial charge in [-0.25, -0.2) is 0 Å². The van der Waals surface area contributed by atoms with E-state index in [1.54, 1.807) is 6.26 Å². The molecule has 0 saturated carbocycles. The van der Waals surface area contributed by atoms with Crippen molar-refractivity contribution in [2.75, 3.05) is 6.26 Å². The van der Waals surface area contributed by atoms with Crippen LogP contribution in [0.3, 0.4) is 0 Å². The second-order valence-corrected chi connectivity index (χ2v) is 2.45. The van der Waals surface area contributed by atoms with Crippen LogP contribution in [0.5, 0.6) is 0 Å². The molecule has 0 amide bonds. The maximum absolute atomic E-state index is 9.88. The number of hydrogen-bond donors (Lipinski definition) is 2. The first-order valence-corrected chi connectivity index (χ1v) is 3.45. The van der Waals surface area contributed by atoms with Crippen LogP contribution in [-0.4, -0.2) is 22.7 Å². The van der Waals surface area contributed by atoms with Crippen LogP contribution in [0.4, 0.5) is 0 Å². The number of nitrogens with two attached hydrogens (primary N) is 1. The molecule has 1 unspecified atom stereocenters. The molecule has 0 bridgehead atoms. The van der Waals surface area contributed by atoms with Crippen LogP contribution < -0.4 is 5.73 Å². The van der Waals surface area contributed by atoms with Gasteiger partial charge in [-0.05, 0) is 6.26 Å². The van der Waals surface area contributed by atoms with Crippen LogP contribution in [-0.2, 0) is 4.79 Å². The molecule has 0 saturated heterocycles. The Hall–Kier alpha value is -0.220. The van der Waals surface area contributed by atoms with Crippen LogP contribution in [0.2, 0.25) is 0 Å². The van der Waals surface area contributed by atoms with Gasteiger partial charge >= 0.3 is 5.97 Å². The third-order valence-corrected chi connectivity index (χ3v) is 1.45. The molecule has 0 spiro atoms. The van der Waals surface area contributed by atoms with E-state index in [-0.39, 0.29) is 11.8 Å². The molecule has 0 aliphatic carbocycles. The molecule has 0 aliphatic heterocycles. The fraction of sp³-hybridized carbons (Fsp3) is 0.750. The number of aliphatic carboxylic acids is 1. The van der Waals surface area contributed by atoms with E-state index >= 15 is 0 Å². The lowest BCUT2D eigenvalue weighted by molar-refractivity contribution is -0.136. The van der Waals surface area contributed by atoms with Crippen molar-refractivity contribution < 1.29 is 9.90 Å². The summed E-state index contributed by atoms with van der Waals surface area (Å²) in [4.78, 5) is 9.88. The highest BCUT2D eigenvalue weighted by molar-refractivity contribution is 7.99. The van der Waals surface area contributed by atoms with Crippen LogP contribution in [0.25, 0.3) is 0 Å². The van der Waals surface area contributed by atoms with Gasteiger partial charge in [0.25, 0.3) is 0 Å².